The van der Waals surface area contributed by atoms with Crippen molar-refractivity contribution >= 4 is 5.78 Å². The molecule has 0 saturated heterocycles. The van der Waals surface area contributed by atoms with Crippen LogP contribution < -0.4 is 0 Å². The van der Waals surface area contributed by atoms with Gasteiger partial charge in [-0.3, -0.25) is 14.9 Å². The Balaban J connectivity index is 2.25. The van der Waals surface area contributed by atoms with Gasteiger partial charge in [0.05, 0.1) is 5.92 Å². The van der Waals surface area contributed by atoms with Crippen molar-refractivity contribution in [2.75, 3.05) is 6.54 Å². The lowest BCUT2D eigenvalue weighted by Gasteiger charge is -2.18. The molecule has 4 nitrogen and oxygen atoms in total. The lowest BCUT2D eigenvalue weighted by molar-refractivity contribution is -0.484. The van der Waals surface area contributed by atoms with Crippen LogP contribution in [0.25, 0.3) is 0 Å². The lowest BCUT2D eigenvalue weighted by atomic mass is 9.84. The quantitative estimate of drug-likeness (QED) is 0.592. The highest BCUT2D eigenvalue weighted by molar-refractivity contribution is 5.83. The van der Waals surface area contributed by atoms with Crippen LogP contribution in [0.1, 0.15) is 30.7 Å². The number of carbonyl (C=O) groups excluding carboxylic acids is 1. The normalized spacial score (nSPS) is 21.4. The smallest absolute Gasteiger partial charge is 0.211 e. The summed E-state index contributed by atoms with van der Waals surface area (Å²) in [5.41, 5.74) is 0.907. The van der Waals surface area contributed by atoms with E-state index in [0.29, 0.717) is 6.42 Å². The van der Waals surface area contributed by atoms with E-state index in [1.165, 1.54) is 0 Å². The van der Waals surface area contributed by atoms with E-state index in [1.807, 2.05) is 30.3 Å². The molecular formula is C13H15NO3. The predicted molar refractivity (Wildman–Crippen MR) is 63.4 cm³/mol. The molecule has 2 rings (SSSR count). The first-order chi connectivity index (χ1) is 8.18. The monoisotopic (exact) mass is 233 g/mol. The van der Waals surface area contributed by atoms with Gasteiger partial charge in [0.1, 0.15) is 5.78 Å². The molecule has 1 aliphatic carbocycles. The van der Waals surface area contributed by atoms with E-state index in [2.05, 4.69) is 0 Å². The minimum atomic E-state index is -0.316. The van der Waals surface area contributed by atoms with E-state index in [-0.39, 0.29) is 29.1 Å². The zero-order valence-electron chi connectivity index (χ0n) is 9.54. The zero-order valence-corrected chi connectivity index (χ0v) is 9.54. The van der Waals surface area contributed by atoms with Gasteiger partial charge in [-0.2, -0.15) is 0 Å². The highest BCUT2D eigenvalue weighted by Gasteiger charge is 2.35. The zero-order chi connectivity index (χ0) is 12.3. The van der Waals surface area contributed by atoms with E-state index in [9.17, 15) is 14.9 Å². The van der Waals surface area contributed by atoms with Crippen molar-refractivity contribution in [1.29, 1.82) is 0 Å². The number of ketones is 1. The predicted octanol–water partition coefficient (Wildman–Crippen LogP) is 2.42. The molecule has 0 amide bonds. The summed E-state index contributed by atoms with van der Waals surface area (Å²) in [6.07, 6.45) is 2.22. The Labute approximate surface area is 99.8 Å². The molecule has 1 aromatic rings. The largest absolute Gasteiger partial charge is 0.299 e. The van der Waals surface area contributed by atoms with Crippen LogP contribution in [0, 0.1) is 16.0 Å². The third kappa shape index (κ3) is 2.70. The first-order valence-electron chi connectivity index (χ1n) is 5.88. The fraction of sp³-hybridized carbons (Fsp3) is 0.462. The van der Waals surface area contributed by atoms with E-state index < -0.39 is 0 Å². The highest BCUT2D eigenvalue weighted by atomic mass is 16.6. The Bertz CT molecular complexity index is 416. The van der Waals surface area contributed by atoms with Crippen molar-refractivity contribution in [3.8, 4) is 0 Å². The van der Waals surface area contributed by atoms with Crippen LogP contribution >= 0.6 is 0 Å². The number of carbonyl (C=O) groups is 1. The summed E-state index contributed by atoms with van der Waals surface area (Å²) >= 11 is 0. The summed E-state index contributed by atoms with van der Waals surface area (Å²) in [5.74, 6) is -0.246. The topological polar surface area (TPSA) is 60.2 Å². The van der Waals surface area contributed by atoms with E-state index in [0.717, 1.165) is 18.4 Å². The van der Waals surface area contributed by atoms with E-state index in [1.54, 1.807) is 0 Å². The molecule has 1 fully saturated rings. The first kappa shape index (κ1) is 11.8. The molecule has 0 unspecified atom stereocenters. The second-order valence-electron chi connectivity index (χ2n) is 4.50. The van der Waals surface area contributed by atoms with Gasteiger partial charge in [0, 0.05) is 17.3 Å². The average Bonchev–Trinajstić information content (AvgIpc) is 2.73. The summed E-state index contributed by atoms with van der Waals surface area (Å²) < 4.78 is 0. The second-order valence-corrected chi connectivity index (χ2v) is 4.50. The average molecular weight is 233 g/mol. The van der Waals surface area contributed by atoms with Crippen LogP contribution in [0.4, 0.5) is 0 Å². The Morgan fingerprint density at radius 1 is 1.35 bits per heavy atom. The molecule has 1 aliphatic rings. The summed E-state index contributed by atoms with van der Waals surface area (Å²) in [4.78, 5) is 22.2. The molecule has 4 heteroatoms. The molecule has 0 aromatic heterocycles. The first-order valence-corrected chi connectivity index (χ1v) is 5.88. The van der Waals surface area contributed by atoms with Crippen molar-refractivity contribution in [3.05, 3.63) is 46.0 Å². The summed E-state index contributed by atoms with van der Waals surface area (Å²) in [5, 5.41) is 10.7. The van der Waals surface area contributed by atoms with Crippen LogP contribution in [-0.4, -0.2) is 17.3 Å². The number of hydrogen-bond donors (Lipinski definition) is 0. The molecule has 0 bridgehead atoms. The fourth-order valence-electron chi connectivity index (χ4n) is 2.59. The Morgan fingerprint density at radius 2 is 2.06 bits per heavy atom. The van der Waals surface area contributed by atoms with Crippen molar-refractivity contribution in [1.82, 2.24) is 0 Å². The molecule has 0 aliphatic heterocycles. The van der Waals surface area contributed by atoms with Gasteiger partial charge in [-0.05, 0) is 18.4 Å². The van der Waals surface area contributed by atoms with Crippen LogP contribution in [-0.2, 0) is 4.79 Å². The van der Waals surface area contributed by atoms with Crippen molar-refractivity contribution in [3.63, 3.8) is 0 Å². The molecule has 17 heavy (non-hydrogen) atoms. The molecule has 0 heterocycles. The van der Waals surface area contributed by atoms with Gasteiger partial charge in [-0.25, -0.2) is 0 Å². The number of rotatable bonds is 4. The van der Waals surface area contributed by atoms with Crippen molar-refractivity contribution in [2.24, 2.45) is 5.92 Å². The van der Waals surface area contributed by atoms with Crippen molar-refractivity contribution in [2.45, 2.75) is 25.2 Å². The molecule has 0 N–H and O–H groups in total. The molecule has 0 radical (unpaired) electrons. The van der Waals surface area contributed by atoms with Gasteiger partial charge in [-0.15, -0.1) is 0 Å². The van der Waals surface area contributed by atoms with Gasteiger partial charge in [0.25, 0.3) is 0 Å². The van der Waals surface area contributed by atoms with Crippen LogP contribution in [0.3, 0.4) is 0 Å². The second kappa shape index (κ2) is 5.08. The Morgan fingerprint density at radius 3 is 2.59 bits per heavy atom. The molecule has 2 atom stereocenters. The summed E-state index contributed by atoms with van der Waals surface area (Å²) in [6.45, 7) is -0.152. The number of nitro groups is 1. The minimum absolute atomic E-state index is 0.152. The molecular weight excluding hydrogens is 218 g/mol. The van der Waals surface area contributed by atoms with Gasteiger partial charge < -0.3 is 0 Å². The number of hydrogen-bond acceptors (Lipinski definition) is 3. The number of benzene rings is 1. The SMILES string of the molecule is O=C1CCC[C@H]1[C@H](C[N+](=O)[O-])c1ccccc1. The van der Waals surface area contributed by atoms with Gasteiger partial charge in [-0.1, -0.05) is 30.3 Å². The van der Waals surface area contributed by atoms with Gasteiger partial charge >= 0.3 is 0 Å². The summed E-state index contributed by atoms with van der Waals surface area (Å²) in [6, 6.07) is 9.35. The third-order valence-corrected chi connectivity index (χ3v) is 3.41. The number of Topliss-reactive ketones (excluding diaryl/α,β-unsaturated/α-hetero) is 1. The maximum atomic E-state index is 11.7. The maximum absolute atomic E-state index is 11.7. The Kier molecular flexibility index (Phi) is 3.52. The fourth-order valence-corrected chi connectivity index (χ4v) is 2.59. The standard InChI is InChI=1S/C13H15NO3/c15-13-8-4-7-11(13)12(9-14(16)17)10-5-2-1-3-6-10/h1-3,5-6,11-12H,4,7-9H2/t11-,12+/m0/s1. The summed E-state index contributed by atoms with van der Waals surface area (Å²) in [7, 11) is 0. The third-order valence-electron chi connectivity index (χ3n) is 3.41. The number of nitrogens with zero attached hydrogens (tertiary/aromatic N) is 1. The van der Waals surface area contributed by atoms with Crippen LogP contribution in [0.15, 0.2) is 30.3 Å². The van der Waals surface area contributed by atoms with Crippen LogP contribution in [0.2, 0.25) is 0 Å². The molecule has 1 saturated carbocycles. The lowest BCUT2D eigenvalue weighted by Crippen LogP contribution is -2.24. The highest BCUT2D eigenvalue weighted by Crippen LogP contribution is 2.35. The maximum Gasteiger partial charge on any atom is 0.211 e. The molecule has 0 spiro atoms. The van der Waals surface area contributed by atoms with Crippen LogP contribution in [0.5, 0.6) is 0 Å². The Hall–Kier alpha value is -1.71. The van der Waals surface area contributed by atoms with Gasteiger partial charge in [0.15, 0.2) is 0 Å². The van der Waals surface area contributed by atoms with Gasteiger partial charge in [0.2, 0.25) is 6.54 Å². The molecule has 90 valence electrons. The van der Waals surface area contributed by atoms with E-state index in [4.69, 9.17) is 0 Å². The minimum Gasteiger partial charge on any atom is -0.299 e. The van der Waals surface area contributed by atoms with E-state index >= 15 is 0 Å². The molecule has 1 aromatic carbocycles. The van der Waals surface area contributed by atoms with Crippen molar-refractivity contribution < 1.29 is 9.72 Å².